The first kappa shape index (κ1) is 22.4. The van der Waals surface area contributed by atoms with Crippen molar-refractivity contribution >= 4 is 28.4 Å². The third kappa shape index (κ3) is 3.72. The molecule has 1 aromatic heterocycles. The highest BCUT2D eigenvalue weighted by atomic mass is 16.5. The number of fused-ring (bicyclic) bond motifs is 2. The number of aromatic nitrogens is 1. The molecule has 6 nitrogen and oxygen atoms in total. The van der Waals surface area contributed by atoms with Crippen molar-refractivity contribution in [1.82, 2.24) is 9.47 Å². The Morgan fingerprint density at radius 2 is 1.85 bits per heavy atom. The summed E-state index contributed by atoms with van der Waals surface area (Å²) in [5.41, 5.74) is 5.12. The molecule has 5 rings (SSSR count). The molecule has 1 aliphatic heterocycles. The van der Waals surface area contributed by atoms with Crippen molar-refractivity contribution in [2.75, 3.05) is 20.3 Å². The van der Waals surface area contributed by atoms with Gasteiger partial charge in [0.25, 0.3) is 11.7 Å². The van der Waals surface area contributed by atoms with Crippen molar-refractivity contribution in [2.24, 2.45) is 7.05 Å². The molecule has 0 bridgehead atoms. The average Bonchev–Trinajstić information content (AvgIpc) is 3.32. The number of amides is 1. The molecular formula is C28H30N2O4. The van der Waals surface area contributed by atoms with Crippen LogP contribution in [0.3, 0.4) is 0 Å². The van der Waals surface area contributed by atoms with Crippen molar-refractivity contribution in [1.29, 1.82) is 0 Å². The number of para-hydroxylation sites is 1. The SMILES string of the molecule is COCCCN1C(=O)C(=O)/C(=C(/O)c2ccc3c(c2)CCCC3)C1c1cn(C)c2ccccc12. The van der Waals surface area contributed by atoms with Crippen LogP contribution in [0.4, 0.5) is 0 Å². The minimum atomic E-state index is -0.654. The van der Waals surface area contributed by atoms with E-state index in [0.717, 1.165) is 35.7 Å². The molecule has 2 aromatic carbocycles. The summed E-state index contributed by atoms with van der Waals surface area (Å²) >= 11 is 0. The Bertz CT molecular complexity index is 1300. The number of Topliss-reactive ketones (excluding diaryl/α,β-unsaturated/α-hetero) is 1. The predicted octanol–water partition coefficient (Wildman–Crippen LogP) is 4.52. The Morgan fingerprint density at radius 3 is 2.65 bits per heavy atom. The lowest BCUT2D eigenvalue weighted by atomic mass is 9.88. The molecule has 1 amide bonds. The number of ketones is 1. The van der Waals surface area contributed by atoms with E-state index in [4.69, 9.17) is 4.74 Å². The molecular weight excluding hydrogens is 428 g/mol. The molecule has 1 atom stereocenters. The van der Waals surface area contributed by atoms with E-state index in [9.17, 15) is 14.7 Å². The van der Waals surface area contributed by atoms with Crippen LogP contribution in [0, 0.1) is 0 Å². The van der Waals surface area contributed by atoms with Gasteiger partial charge in [0, 0.05) is 55.5 Å². The first-order chi connectivity index (χ1) is 16.5. The molecule has 1 unspecified atom stereocenters. The number of carbonyl (C=O) groups excluding carboxylic acids is 2. The van der Waals surface area contributed by atoms with Gasteiger partial charge in [-0.2, -0.15) is 0 Å². The minimum absolute atomic E-state index is 0.0982. The number of nitrogens with zero attached hydrogens (tertiary/aromatic N) is 2. The Balaban J connectivity index is 1.67. The standard InChI is InChI=1S/C28H30N2O4/c1-29-17-22(21-10-5-6-11-23(21)29)25-24(27(32)28(33)30(25)14-7-15-34-2)26(31)20-13-12-18-8-3-4-9-19(18)16-20/h5-6,10-13,16-17,25,31H,3-4,7-9,14-15H2,1-2H3/b26-24+. The lowest BCUT2D eigenvalue weighted by molar-refractivity contribution is -0.140. The number of rotatable bonds is 6. The number of aliphatic hydroxyl groups excluding tert-OH is 1. The van der Waals surface area contributed by atoms with Crippen LogP contribution in [-0.4, -0.2) is 46.5 Å². The predicted molar refractivity (Wildman–Crippen MR) is 132 cm³/mol. The van der Waals surface area contributed by atoms with Crippen LogP contribution in [-0.2, 0) is 34.2 Å². The quantitative estimate of drug-likeness (QED) is 0.255. The van der Waals surface area contributed by atoms with Gasteiger partial charge in [0.05, 0.1) is 11.6 Å². The molecule has 0 saturated carbocycles. The summed E-state index contributed by atoms with van der Waals surface area (Å²) in [6.07, 6.45) is 6.86. The zero-order chi connectivity index (χ0) is 23.8. The van der Waals surface area contributed by atoms with Crippen molar-refractivity contribution in [3.05, 3.63) is 76.5 Å². The van der Waals surface area contributed by atoms with Gasteiger partial charge in [0.15, 0.2) is 0 Å². The number of hydrogen-bond acceptors (Lipinski definition) is 4. The van der Waals surface area contributed by atoms with Crippen LogP contribution in [0.5, 0.6) is 0 Å². The molecule has 0 spiro atoms. The molecule has 2 heterocycles. The topological polar surface area (TPSA) is 71.8 Å². The molecule has 1 fully saturated rings. The zero-order valence-electron chi connectivity index (χ0n) is 19.7. The van der Waals surface area contributed by atoms with E-state index in [-0.39, 0.29) is 11.3 Å². The lowest BCUT2D eigenvalue weighted by Crippen LogP contribution is -2.31. The summed E-state index contributed by atoms with van der Waals surface area (Å²) in [6, 6.07) is 13.2. The molecule has 2 aliphatic rings. The Kier molecular flexibility index (Phi) is 6.00. The molecule has 0 radical (unpaired) electrons. The number of methoxy groups -OCH3 is 1. The van der Waals surface area contributed by atoms with E-state index in [1.54, 1.807) is 12.0 Å². The highest BCUT2D eigenvalue weighted by molar-refractivity contribution is 6.46. The first-order valence-electron chi connectivity index (χ1n) is 11.9. The van der Waals surface area contributed by atoms with Gasteiger partial charge in [-0.25, -0.2) is 0 Å². The van der Waals surface area contributed by atoms with Crippen molar-refractivity contribution in [3.8, 4) is 0 Å². The monoisotopic (exact) mass is 458 g/mol. The maximum absolute atomic E-state index is 13.3. The summed E-state index contributed by atoms with van der Waals surface area (Å²) < 4.78 is 7.19. The van der Waals surface area contributed by atoms with Gasteiger partial charge in [0.2, 0.25) is 0 Å². The Labute approximate surface area is 199 Å². The number of likely N-dealkylation sites (tertiary alicyclic amines) is 1. The van der Waals surface area contributed by atoms with E-state index in [1.165, 1.54) is 17.5 Å². The molecule has 176 valence electrons. The maximum Gasteiger partial charge on any atom is 0.295 e. The van der Waals surface area contributed by atoms with Crippen LogP contribution in [0.2, 0.25) is 0 Å². The van der Waals surface area contributed by atoms with E-state index in [1.807, 2.05) is 60.3 Å². The second-order valence-electron chi connectivity index (χ2n) is 9.24. The molecule has 3 aromatic rings. The van der Waals surface area contributed by atoms with Crippen LogP contribution in [0.15, 0.2) is 54.2 Å². The second-order valence-corrected chi connectivity index (χ2v) is 9.24. The van der Waals surface area contributed by atoms with Gasteiger partial charge in [-0.1, -0.05) is 30.3 Å². The largest absolute Gasteiger partial charge is 0.507 e. The van der Waals surface area contributed by atoms with E-state index in [2.05, 4.69) is 0 Å². The van der Waals surface area contributed by atoms with Crippen LogP contribution in [0.25, 0.3) is 16.7 Å². The van der Waals surface area contributed by atoms with Gasteiger partial charge < -0.3 is 19.3 Å². The summed E-state index contributed by atoms with van der Waals surface area (Å²) in [7, 11) is 3.57. The normalized spacial score (nSPS) is 19.7. The Hall–Kier alpha value is -3.38. The third-order valence-electron chi connectivity index (χ3n) is 7.13. The highest BCUT2D eigenvalue weighted by Crippen LogP contribution is 2.42. The van der Waals surface area contributed by atoms with Crippen molar-refractivity contribution < 1.29 is 19.4 Å². The van der Waals surface area contributed by atoms with E-state index < -0.39 is 17.7 Å². The van der Waals surface area contributed by atoms with E-state index in [0.29, 0.717) is 25.1 Å². The number of benzene rings is 2. The second kappa shape index (κ2) is 9.11. The first-order valence-corrected chi connectivity index (χ1v) is 11.9. The van der Waals surface area contributed by atoms with Crippen LogP contribution < -0.4 is 0 Å². The highest BCUT2D eigenvalue weighted by Gasteiger charge is 2.46. The summed E-state index contributed by atoms with van der Waals surface area (Å²) in [6.45, 7) is 0.851. The molecule has 1 saturated heterocycles. The van der Waals surface area contributed by atoms with Crippen LogP contribution >= 0.6 is 0 Å². The summed E-state index contributed by atoms with van der Waals surface area (Å²) in [5, 5.41) is 12.4. The number of aliphatic hydroxyl groups is 1. The summed E-state index contributed by atoms with van der Waals surface area (Å²) in [5.74, 6) is -1.31. The van der Waals surface area contributed by atoms with Gasteiger partial charge in [-0.05, 0) is 55.4 Å². The Morgan fingerprint density at radius 1 is 1.09 bits per heavy atom. The van der Waals surface area contributed by atoms with Crippen LogP contribution in [0.1, 0.15) is 47.6 Å². The van der Waals surface area contributed by atoms with Gasteiger partial charge >= 0.3 is 0 Å². The molecule has 1 N–H and O–H groups in total. The fraction of sp³-hybridized carbons (Fsp3) is 0.357. The fourth-order valence-electron chi connectivity index (χ4n) is 5.44. The molecule has 6 heteroatoms. The number of hydrogen-bond donors (Lipinski definition) is 1. The zero-order valence-corrected chi connectivity index (χ0v) is 19.7. The molecule has 1 aliphatic carbocycles. The van der Waals surface area contributed by atoms with Gasteiger partial charge in [-0.15, -0.1) is 0 Å². The van der Waals surface area contributed by atoms with E-state index >= 15 is 0 Å². The maximum atomic E-state index is 13.3. The number of aryl methyl sites for hydroxylation is 3. The van der Waals surface area contributed by atoms with Gasteiger partial charge in [-0.3, -0.25) is 9.59 Å². The van der Waals surface area contributed by atoms with Gasteiger partial charge in [0.1, 0.15) is 5.76 Å². The average molecular weight is 459 g/mol. The molecule has 34 heavy (non-hydrogen) atoms. The minimum Gasteiger partial charge on any atom is -0.507 e. The third-order valence-corrected chi connectivity index (χ3v) is 7.13. The number of ether oxygens (including phenoxy) is 1. The fourth-order valence-corrected chi connectivity index (χ4v) is 5.44. The smallest absolute Gasteiger partial charge is 0.295 e. The van der Waals surface area contributed by atoms with Crippen molar-refractivity contribution in [2.45, 2.75) is 38.1 Å². The van der Waals surface area contributed by atoms with Crippen molar-refractivity contribution in [3.63, 3.8) is 0 Å². The summed E-state index contributed by atoms with van der Waals surface area (Å²) in [4.78, 5) is 28.1. The lowest BCUT2D eigenvalue weighted by Gasteiger charge is -2.25. The number of carbonyl (C=O) groups is 2.